The highest BCUT2D eigenvalue weighted by molar-refractivity contribution is 5.43. The number of hydrogen-bond acceptors (Lipinski definition) is 2. The lowest BCUT2D eigenvalue weighted by Gasteiger charge is -2.14. The summed E-state index contributed by atoms with van der Waals surface area (Å²) in [4.78, 5) is 0. The number of hydrogen-bond donors (Lipinski definition) is 1. The molecule has 0 radical (unpaired) electrons. The summed E-state index contributed by atoms with van der Waals surface area (Å²) in [5.41, 5.74) is 13.1. The lowest BCUT2D eigenvalue weighted by atomic mass is 10.0. The van der Waals surface area contributed by atoms with Gasteiger partial charge in [-0.05, 0) is 62.9 Å². The second-order valence-corrected chi connectivity index (χ2v) is 5.88. The van der Waals surface area contributed by atoms with E-state index in [9.17, 15) is 0 Å². The first-order valence-corrected chi connectivity index (χ1v) is 7.49. The first kappa shape index (κ1) is 15.6. The minimum atomic E-state index is 0.612. The van der Waals surface area contributed by atoms with Crippen molar-refractivity contribution in [1.82, 2.24) is 0 Å². The number of ether oxygens (including phenoxy) is 1. The Morgan fingerprint density at radius 3 is 1.90 bits per heavy atom. The molecule has 2 rings (SSSR count). The summed E-state index contributed by atoms with van der Waals surface area (Å²) in [6, 6.07) is 10.9. The molecule has 2 heteroatoms. The molecule has 0 unspecified atom stereocenters. The van der Waals surface area contributed by atoms with Gasteiger partial charge in [0.2, 0.25) is 0 Å². The molecule has 0 aliphatic carbocycles. The highest BCUT2D eigenvalue weighted by atomic mass is 16.5. The van der Waals surface area contributed by atoms with Crippen LogP contribution in [0.1, 0.15) is 33.4 Å². The molecule has 21 heavy (non-hydrogen) atoms. The molecule has 0 saturated heterocycles. The third-order valence-electron chi connectivity index (χ3n) is 3.62. The smallest absolute Gasteiger partial charge is 0.125 e. The zero-order chi connectivity index (χ0) is 15.4. The topological polar surface area (TPSA) is 35.2 Å². The van der Waals surface area contributed by atoms with Gasteiger partial charge in [0.05, 0.1) is 0 Å². The van der Waals surface area contributed by atoms with Gasteiger partial charge in [-0.2, -0.15) is 0 Å². The maximum Gasteiger partial charge on any atom is 0.125 e. The van der Waals surface area contributed by atoms with E-state index in [-0.39, 0.29) is 0 Å². The molecule has 0 spiro atoms. The molecule has 2 nitrogen and oxygen atoms in total. The van der Waals surface area contributed by atoms with Gasteiger partial charge in [0.15, 0.2) is 0 Å². The van der Waals surface area contributed by atoms with Crippen molar-refractivity contribution in [1.29, 1.82) is 0 Å². The zero-order valence-electron chi connectivity index (χ0n) is 13.5. The van der Waals surface area contributed by atoms with Crippen molar-refractivity contribution >= 4 is 0 Å². The molecule has 0 aliphatic rings. The Balaban J connectivity index is 2.16. The van der Waals surface area contributed by atoms with Crippen LogP contribution in [-0.4, -0.2) is 6.54 Å². The van der Waals surface area contributed by atoms with Crippen molar-refractivity contribution in [2.75, 3.05) is 6.54 Å². The summed E-state index contributed by atoms with van der Waals surface area (Å²) < 4.78 is 6.07. The Hall–Kier alpha value is -1.80. The van der Waals surface area contributed by atoms with Crippen LogP contribution >= 0.6 is 0 Å². The van der Waals surface area contributed by atoms with E-state index in [1.54, 1.807) is 0 Å². The fourth-order valence-electron chi connectivity index (χ4n) is 2.89. The fraction of sp³-hybridized carbons (Fsp3) is 0.368. The zero-order valence-corrected chi connectivity index (χ0v) is 13.5. The molecule has 2 aromatic carbocycles. The van der Waals surface area contributed by atoms with Crippen molar-refractivity contribution in [3.05, 3.63) is 63.7 Å². The summed E-state index contributed by atoms with van der Waals surface area (Å²) >= 11 is 0. The van der Waals surface area contributed by atoms with E-state index in [1.165, 1.54) is 33.4 Å². The molecule has 0 fully saturated rings. The normalized spacial score (nSPS) is 10.7. The van der Waals surface area contributed by atoms with Crippen LogP contribution in [0.3, 0.4) is 0 Å². The van der Waals surface area contributed by atoms with Crippen molar-refractivity contribution in [3.8, 4) is 5.75 Å². The molecule has 0 aliphatic heterocycles. The second kappa shape index (κ2) is 6.77. The monoisotopic (exact) mass is 283 g/mol. The van der Waals surface area contributed by atoms with Crippen molar-refractivity contribution in [2.45, 2.75) is 40.7 Å². The Morgan fingerprint density at radius 2 is 1.38 bits per heavy atom. The fourth-order valence-corrected chi connectivity index (χ4v) is 2.89. The largest absolute Gasteiger partial charge is 0.488 e. The number of aryl methyl sites for hydroxylation is 4. The molecule has 0 atom stereocenters. The Bertz CT molecular complexity index is 588. The average molecular weight is 283 g/mol. The van der Waals surface area contributed by atoms with E-state index in [0.29, 0.717) is 13.2 Å². The molecular weight excluding hydrogens is 258 g/mol. The molecule has 0 bridgehead atoms. The highest BCUT2D eigenvalue weighted by Crippen LogP contribution is 2.26. The molecule has 2 aromatic rings. The van der Waals surface area contributed by atoms with Crippen LogP contribution in [0.25, 0.3) is 0 Å². The molecule has 0 amide bonds. The average Bonchev–Trinajstić information content (AvgIpc) is 2.36. The summed E-state index contributed by atoms with van der Waals surface area (Å²) in [6.45, 7) is 9.74. The standard InChI is InChI=1S/C19H25NO/c1-13-7-14(2)9-18(8-13)12-21-19-15(3)10-17(5-6-20)11-16(19)4/h7-11H,5-6,12,20H2,1-4H3. The van der Waals surface area contributed by atoms with Gasteiger partial charge in [-0.3, -0.25) is 0 Å². The molecule has 0 saturated carbocycles. The Morgan fingerprint density at radius 1 is 0.810 bits per heavy atom. The van der Waals surface area contributed by atoms with Crippen molar-refractivity contribution < 1.29 is 4.74 Å². The number of benzene rings is 2. The Kier molecular flexibility index (Phi) is 5.03. The Labute approximate surface area is 127 Å². The van der Waals surface area contributed by atoms with Crippen molar-refractivity contribution in [2.24, 2.45) is 5.73 Å². The van der Waals surface area contributed by atoms with E-state index in [1.807, 2.05) is 0 Å². The summed E-state index contributed by atoms with van der Waals surface area (Å²) in [7, 11) is 0. The van der Waals surface area contributed by atoms with Gasteiger partial charge in [0.25, 0.3) is 0 Å². The van der Waals surface area contributed by atoms with E-state index in [0.717, 1.165) is 12.2 Å². The predicted molar refractivity (Wildman–Crippen MR) is 88.9 cm³/mol. The van der Waals surface area contributed by atoms with E-state index >= 15 is 0 Å². The minimum Gasteiger partial charge on any atom is -0.488 e. The first-order valence-electron chi connectivity index (χ1n) is 7.49. The third-order valence-corrected chi connectivity index (χ3v) is 3.62. The molecular formula is C19H25NO. The lowest BCUT2D eigenvalue weighted by Crippen LogP contribution is -2.05. The van der Waals surface area contributed by atoms with E-state index < -0.39 is 0 Å². The van der Waals surface area contributed by atoms with E-state index in [4.69, 9.17) is 10.5 Å². The number of nitrogens with two attached hydrogens (primary N) is 1. The molecule has 0 heterocycles. The van der Waals surface area contributed by atoms with Gasteiger partial charge < -0.3 is 10.5 Å². The van der Waals surface area contributed by atoms with Crippen LogP contribution in [0.4, 0.5) is 0 Å². The van der Waals surface area contributed by atoms with Crippen molar-refractivity contribution in [3.63, 3.8) is 0 Å². The maximum absolute atomic E-state index is 6.07. The van der Waals surface area contributed by atoms with Crippen LogP contribution in [-0.2, 0) is 13.0 Å². The van der Waals surface area contributed by atoms with Gasteiger partial charge in [-0.15, -0.1) is 0 Å². The maximum atomic E-state index is 6.07. The predicted octanol–water partition coefficient (Wildman–Crippen LogP) is 4.00. The van der Waals surface area contributed by atoms with Crippen LogP contribution < -0.4 is 10.5 Å². The van der Waals surface area contributed by atoms with Gasteiger partial charge >= 0.3 is 0 Å². The first-order chi connectivity index (χ1) is 9.99. The van der Waals surface area contributed by atoms with Crippen LogP contribution in [0.15, 0.2) is 30.3 Å². The third kappa shape index (κ3) is 4.08. The SMILES string of the molecule is Cc1cc(C)cc(COc2c(C)cc(CCN)cc2C)c1. The van der Waals surface area contributed by atoms with Crippen LogP contribution in [0, 0.1) is 27.7 Å². The molecule has 0 aromatic heterocycles. The van der Waals surface area contributed by atoms with Gasteiger partial charge in [0.1, 0.15) is 12.4 Å². The molecule has 2 N–H and O–H groups in total. The summed E-state index contributed by atoms with van der Waals surface area (Å²) in [5, 5.41) is 0. The van der Waals surface area contributed by atoms with Gasteiger partial charge in [0, 0.05) is 0 Å². The number of rotatable bonds is 5. The highest BCUT2D eigenvalue weighted by Gasteiger charge is 2.07. The summed E-state index contributed by atoms with van der Waals surface area (Å²) in [6.07, 6.45) is 0.916. The van der Waals surface area contributed by atoms with E-state index in [2.05, 4.69) is 58.0 Å². The lowest BCUT2D eigenvalue weighted by molar-refractivity contribution is 0.301. The second-order valence-electron chi connectivity index (χ2n) is 5.88. The quantitative estimate of drug-likeness (QED) is 0.900. The molecule has 112 valence electrons. The van der Waals surface area contributed by atoms with Gasteiger partial charge in [-0.25, -0.2) is 0 Å². The summed E-state index contributed by atoms with van der Waals surface area (Å²) in [5.74, 6) is 0.995. The minimum absolute atomic E-state index is 0.612. The van der Waals surface area contributed by atoms with Crippen LogP contribution in [0.5, 0.6) is 5.75 Å². The van der Waals surface area contributed by atoms with Crippen LogP contribution in [0.2, 0.25) is 0 Å². The van der Waals surface area contributed by atoms with Gasteiger partial charge in [-0.1, -0.05) is 41.5 Å².